The average molecular weight is 442 g/mol. The van der Waals surface area contributed by atoms with Crippen molar-refractivity contribution < 1.29 is 14.3 Å². The fourth-order valence-corrected chi connectivity index (χ4v) is 3.70. The van der Waals surface area contributed by atoms with Gasteiger partial charge in [0.25, 0.3) is 0 Å². The molecule has 142 valence electrons. The maximum Gasteiger partial charge on any atom is 0.410 e. The van der Waals surface area contributed by atoms with Crippen LogP contribution < -0.4 is 5.32 Å². The molecule has 0 unspecified atom stereocenters. The molecule has 3 rings (SSSR count). The molecule has 1 saturated heterocycles. The number of carbonyl (C=O) groups is 2. The molecule has 1 aromatic heterocycles. The summed E-state index contributed by atoms with van der Waals surface area (Å²) in [7, 11) is 0. The van der Waals surface area contributed by atoms with Crippen LogP contribution in [0.5, 0.6) is 0 Å². The predicted molar refractivity (Wildman–Crippen MR) is 109 cm³/mol. The predicted octanol–water partition coefficient (Wildman–Crippen LogP) is 4.89. The van der Waals surface area contributed by atoms with E-state index in [4.69, 9.17) is 4.74 Å². The minimum Gasteiger partial charge on any atom is -0.444 e. The van der Waals surface area contributed by atoms with Crippen LogP contribution >= 0.6 is 27.3 Å². The molecule has 1 aromatic carbocycles. The van der Waals surface area contributed by atoms with E-state index in [0.717, 1.165) is 14.7 Å². The Balaban J connectivity index is 0.00000117. The fraction of sp³-hybridized carbons (Fsp3) is 0.500. The number of amides is 2. The van der Waals surface area contributed by atoms with Crippen molar-refractivity contribution in [3.05, 3.63) is 22.7 Å². The number of hydrogen-bond donors (Lipinski definition) is 1. The first-order chi connectivity index (χ1) is 12.2. The fourth-order valence-electron chi connectivity index (χ4n) is 2.28. The summed E-state index contributed by atoms with van der Waals surface area (Å²) in [5.74, 6) is -0.343. The lowest BCUT2D eigenvalue weighted by molar-refractivity contribution is -0.124. The lowest BCUT2D eigenvalue weighted by Gasteiger charge is -2.38. The Labute approximate surface area is 166 Å². The number of likely N-dealkylation sites (tertiary alicyclic amines) is 1. The molecule has 0 aliphatic carbocycles. The van der Waals surface area contributed by atoms with Crippen LogP contribution in [0.1, 0.15) is 34.6 Å². The van der Waals surface area contributed by atoms with Crippen LogP contribution in [0.4, 0.5) is 9.93 Å². The van der Waals surface area contributed by atoms with E-state index < -0.39 is 5.60 Å². The number of nitrogens with zero attached hydrogens (tertiary/aromatic N) is 2. The van der Waals surface area contributed by atoms with Crippen LogP contribution in [-0.4, -0.2) is 40.6 Å². The molecule has 8 heteroatoms. The monoisotopic (exact) mass is 441 g/mol. The summed E-state index contributed by atoms with van der Waals surface area (Å²) in [5, 5.41) is 3.41. The molecule has 0 radical (unpaired) electrons. The molecule has 0 bridgehead atoms. The normalized spacial score (nSPS) is 14.3. The maximum atomic E-state index is 12.3. The van der Waals surface area contributed by atoms with Crippen LogP contribution in [0.15, 0.2) is 22.7 Å². The number of rotatable bonds is 2. The van der Waals surface area contributed by atoms with E-state index in [1.165, 1.54) is 16.2 Å². The zero-order valence-corrected chi connectivity index (χ0v) is 18.0. The standard InChI is InChI=1S/C16H18BrN3O3S.C2H6/c1-16(2,3)23-15(22)20-7-9(8-20)13(21)19-14-18-11-5-4-10(17)6-12(11)24-14;1-2/h4-6,9H,7-8H2,1-3H3,(H,18,19,21);1-2H3. The van der Waals surface area contributed by atoms with Gasteiger partial charge in [-0.3, -0.25) is 4.79 Å². The largest absolute Gasteiger partial charge is 0.444 e. The number of hydrogen-bond acceptors (Lipinski definition) is 5. The van der Waals surface area contributed by atoms with Crippen molar-refractivity contribution in [1.29, 1.82) is 0 Å². The first-order valence-corrected chi connectivity index (χ1v) is 10.2. The molecular formula is C18H24BrN3O3S. The highest BCUT2D eigenvalue weighted by Crippen LogP contribution is 2.29. The summed E-state index contributed by atoms with van der Waals surface area (Å²) in [5.41, 5.74) is 0.321. The summed E-state index contributed by atoms with van der Waals surface area (Å²) in [6.07, 6.45) is -0.378. The summed E-state index contributed by atoms with van der Waals surface area (Å²) in [6.45, 7) is 10.2. The number of carbonyl (C=O) groups excluding carboxylic acids is 2. The summed E-state index contributed by atoms with van der Waals surface area (Å²) < 4.78 is 7.26. The Hall–Kier alpha value is -1.67. The Morgan fingerprint density at radius 3 is 2.58 bits per heavy atom. The van der Waals surface area contributed by atoms with Crippen molar-refractivity contribution in [2.45, 2.75) is 40.2 Å². The first-order valence-electron chi connectivity index (χ1n) is 8.56. The zero-order valence-electron chi connectivity index (χ0n) is 15.6. The number of halogens is 1. The highest BCUT2D eigenvalue weighted by molar-refractivity contribution is 9.10. The third-order valence-electron chi connectivity index (χ3n) is 3.48. The van der Waals surface area contributed by atoms with E-state index in [0.29, 0.717) is 18.2 Å². The van der Waals surface area contributed by atoms with Gasteiger partial charge in [0.15, 0.2) is 5.13 Å². The van der Waals surface area contributed by atoms with E-state index in [1.54, 1.807) is 0 Å². The van der Waals surface area contributed by atoms with Gasteiger partial charge in [0.2, 0.25) is 5.91 Å². The van der Waals surface area contributed by atoms with Gasteiger partial charge in [-0.05, 0) is 39.0 Å². The lowest BCUT2D eigenvalue weighted by Crippen LogP contribution is -2.55. The molecule has 2 amide bonds. The summed E-state index contributed by atoms with van der Waals surface area (Å²) >= 11 is 4.85. The van der Waals surface area contributed by atoms with Crippen LogP contribution in [0.2, 0.25) is 0 Å². The topological polar surface area (TPSA) is 71.5 Å². The number of thiazole rings is 1. The number of anilines is 1. The van der Waals surface area contributed by atoms with Gasteiger partial charge in [0.1, 0.15) is 5.60 Å². The number of nitrogens with one attached hydrogen (secondary N) is 1. The molecule has 26 heavy (non-hydrogen) atoms. The van der Waals surface area contributed by atoms with Gasteiger partial charge >= 0.3 is 6.09 Å². The zero-order chi connectivity index (χ0) is 19.5. The Morgan fingerprint density at radius 1 is 1.31 bits per heavy atom. The van der Waals surface area contributed by atoms with Gasteiger partial charge in [-0.1, -0.05) is 41.1 Å². The Morgan fingerprint density at radius 2 is 1.96 bits per heavy atom. The van der Waals surface area contributed by atoms with Gasteiger partial charge in [-0.15, -0.1) is 0 Å². The second-order valence-corrected chi connectivity index (χ2v) is 8.65. The molecule has 6 nitrogen and oxygen atoms in total. The Kier molecular flexibility index (Phi) is 6.63. The number of benzene rings is 1. The molecule has 1 fully saturated rings. The quantitative estimate of drug-likeness (QED) is 0.719. The van der Waals surface area contributed by atoms with Crippen molar-refractivity contribution in [2.75, 3.05) is 18.4 Å². The number of aromatic nitrogens is 1. The molecule has 0 spiro atoms. The van der Waals surface area contributed by atoms with Gasteiger partial charge in [0.05, 0.1) is 16.1 Å². The molecule has 1 aliphatic heterocycles. The summed E-state index contributed by atoms with van der Waals surface area (Å²) in [4.78, 5) is 30.1. The maximum absolute atomic E-state index is 12.3. The number of ether oxygens (including phenoxy) is 1. The minimum absolute atomic E-state index is 0.118. The molecular weight excluding hydrogens is 418 g/mol. The lowest BCUT2D eigenvalue weighted by atomic mass is 10.0. The van der Waals surface area contributed by atoms with Crippen molar-refractivity contribution in [3.8, 4) is 0 Å². The van der Waals surface area contributed by atoms with E-state index in [-0.39, 0.29) is 17.9 Å². The van der Waals surface area contributed by atoms with Gasteiger partial charge in [-0.25, -0.2) is 9.78 Å². The molecule has 0 atom stereocenters. The molecule has 0 saturated carbocycles. The second-order valence-electron chi connectivity index (χ2n) is 6.70. The van der Waals surface area contributed by atoms with Crippen molar-refractivity contribution in [2.24, 2.45) is 5.92 Å². The smallest absolute Gasteiger partial charge is 0.410 e. The molecule has 2 heterocycles. The van der Waals surface area contributed by atoms with E-state index in [9.17, 15) is 9.59 Å². The average Bonchev–Trinajstić information content (AvgIpc) is 2.87. The number of fused-ring (bicyclic) bond motifs is 1. The van der Waals surface area contributed by atoms with E-state index >= 15 is 0 Å². The first kappa shape index (κ1) is 20.6. The van der Waals surface area contributed by atoms with Crippen LogP contribution in [0.3, 0.4) is 0 Å². The third-order valence-corrected chi connectivity index (χ3v) is 4.91. The highest BCUT2D eigenvalue weighted by atomic mass is 79.9. The molecule has 2 aromatic rings. The van der Waals surface area contributed by atoms with Gasteiger partial charge in [0, 0.05) is 17.6 Å². The minimum atomic E-state index is -0.528. The third kappa shape index (κ3) is 5.17. The van der Waals surface area contributed by atoms with E-state index in [2.05, 4.69) is 26.2 Å². The van der Waals surface area contributed by atoms with Crippen molar-refractivity contribution >= 4 is 54.6 Å². The summed E-state index contributed by atoms with van der Waals surface area (Å²) in [6, 6.07) is 5.79. The van der Waals surface area contributed by atoms with Crippen LogP contribution in [0.25, 0.3) is 10.2 Å². The van der Waals surface area contributed by atoms with E-state index in [1.807, 2.05) is 52.8 Å². The SMILES string of the molecule is CC.CC(C)(C)OC(=O)N1CC(C(=O)Nc2nc3ccc(Br)cc3s2)C1. The van der Waals surface area contributed by atoms with Crippen LogP contribution in [0, 0.1) is 5.92 Å². The van der Waals surface area contributed by atoms with Crippen molar-refractivity contribution in [3.63, 3.8) is 0 Å². The van der Waals surface area contributed by atoms with Crippen molar-refractivity contribution in [1.82, 2.24) is 9.88 Å². The van der Waals surface area contributed by atoms with Gasteiger partial charge < -0.3 is 15.0 Å². The second kappa shape index (κ2) is 8.35. The highest BCUT2D eigenvalue weighted by Gasteiger charge is 2.38. The molecule has 1 aliphatic rings. The Bertz CT molecular complexity index is 795. The molecule has 1 N–H and O–H groups in total. The van der Waals surface area contributed by atoms with Gasteiger partial charge in [-0.2, -0.15) is 0 Å². The van der Waals surface area contributed by atoms with Crippen LogP contribution in [-0.2, 0) is 9.53 Å².